The molecule has 5 aromatic rings. The Hall–Kier alpha value is -4.56. The zero-order valence-corrected chi connectivity index (χ0v) is 20.9. The van der Waals surface area contributed by atoms with Crippen LogP contribution in [0, 0.1) is 6.92 Å². The second kappa shape index (κ2) is 7.72. The van der Waals surface area contributed by atoms with Gasteiger partial charge in [0.15, 0.2) is 5.60 Å². The molecular weight excluding hydrogens is 480 g/mol. The van der Waals surface area contributed by atoms with Crippen molar-refractivity contribution in [2.45, 2.75) is 39.0 Å². The summed E-state index contributed by atoms with van der Waals surface area (Å²) in [6.07, 6.45) is 1.96. The highest BCUT2D eigenvalue weighted by Gasteiger charge is 2.45. The summed E-state index contributed by atoms with van der Waals surface area (Å²) in [6.45, 7) is 3.95. The van der Waals surface area contributed by atoms with Gasteiger partial charge in [-0.1, -0.05) is 19.1 Å². The van der Waals surface area contributed by atoms with E-state index in [1.165, 1.54) is 0 Å². The van der Waals surface area contributed by atoms with Gasteiger partial charge in [0.2, 0.25) is 0 Å². The van der Waals surface area contributed by atoms with Crippen molar-refractivity contribution < 1.29 is 14.6 Å². The Labute approximate surface area is 217 Å². The molecule has 0 amide bonds. The standard InChI is InChI=1S/C30H24N4O4/c1-3-30(37)22-11-25-27-20(13-34(25)28(35)21(22)14-38-29(30)36)15(2)26-19-10-17(16-4-6-18(31)7-5-16)12-32-23(19)8-9-24(26)33-27/h4-12,37H,3,13-14,31H2,1-2H3/t30-/m0/s1. The Bertz CT molecular complexity index is 1910. The number of esters is 1. The lowest BCUT2D eigenvalue weighted by Crippen LogP contribution is -2.44. The van der Waals surface area contributed by atoms with Crippen LogP contribution in [0.15, 0.2) is 59.5 Å². The first-order valence-corrected chi connectivity index (χ1v) is 12.5. The van der Waals surface area contributed by atoms with Gasteiger partial charge in [0.05, 0.1) is 34.5 Å². The summed E-state index contributed by atoms with van der Waals surface area (Å²) < 4.78 is 6.85. The van der Waals surface area contributed by atoms with Crippen molar-refractivity contribution in [1.29, 1.82) is 0 Å². The van der Waals surface area contributed by atoms with Gasteiger partial charge >= 0.3 is 5.97 Å². The smallest absolute Gasteiger partial charge is 0.343 e. The number of cyclic esters (lactones) is 1. The minimum absolute atomic E-state index is 0.105. The lowest BCUT2D eigenvalue weighted by atomic mass is 9.86. The monoisotopic (exact) mass is 504 g/mol. The molecule has 3 N–H and O–H groups in total. The Balaban J connectivity index is 1.47. The number of aryl methyl sites for hydroxylation is 1. The van der Waals surface area contributed by atoms with E-state index in [0.29, 0.717) is 34.7 Å². The molecule has 3 aromatic heterocycles. The maximum absolute atomic E-state index is 13.5. The van der Waals surface area contributed by atoms with Crippen molar-refractivity contribution in [3.63, 3.8) is 0 Å². The molecule has 2 aliphatic rings. The van der Waals surface area contributed by atoms with E-state index in [2.05, 4.69) is 6.07 Å². The molecule has 7 rings (SSSR count). The van der Waals surface area contributed by atoms with Crippen LogP contribution in [0.25, 0.3) is 44.3 Å². The Morgan fingerprint density at radius 3 is 2.58 bits per heavy atom. The number of ether oxygens (including phenoxy) is 1. The maximum Gasteiger partial charge on any atom is 0.343 e. The van der Waals surface area contributed by atoms with Crippen molar-refractivity contribution in [2.24, 2.45) is 0 Å². The number of hydrogen-bond donors (Lipinski definition) is 2. The fourth-order valence-corrected chi connectivity index (χ4v) is 5.84. The largest absolute Gasteiger partial charge is 0.458 e. The number of anilines is 1. The highest BCUT2D eigenvalue weighted by Crippen LogP contribution is 2.41. The number of benzene rings is 2. The molecule has 38 heavy (non-hydrogen) atoms. The summed E-state index contributed by atoms with van der Waals surface area (Å²) in [5.74, 6) is -0.728. The zero-order valence-electron chi connectivity index (χ0n) is 20.9. The molecule has 2 aromatic carbocycles. The Kier molecular flexibility index (Phi) is 4.60. The number of nitrogen functional groups attached to an aromatic ring is 1. The van der Waals surface area contributed by atoms with Gasteiger partial charge in [-0.15, -0.1) is 0 Å². The third kappa shape index (κ3) is 2.95. The number of aromatic nitrogens is 3. The highest BCUT2D eigenvalue weighted by atomic mass is 16.6. The summed E-state index contributed by atoms with van der Waals surface area (Å²) >= 11 is 0. The van der Waals surface area contributed by atoms with Crippen molar-refractivity contribution >= 4 is 33.5 Å². The average molecular weight is 505 g/mol. The third-order valence-corrected chi connectivity index (χ3v) is 8.03. The van der Waals surface area contributed by atoms with Gasteiger partial charge in [0.25, 0.3) is 5.56 Å². The summed E-state index contributed by atoms with van der Waals surface area (Å²) in [5.41, 5.74) is 12.0. The summed E-state index contributed by atoms with van der Waals surface area (Å²) in [6, 6.07) is 15.4. The third-order valence-electron chi connectivity index (χ3n) is 8.03. The first kappa shape index (κ1) is 22.6. The number of nitrogens with two attached hydrogens (primary N) is 1. The highest BCUT2D eigenvalue weighted by molar-refractivity contribution is 6.09. The minimum atomic E-state index is -1.85. The van der Waals surface area contributed by atoms with Crippen LogP contribution in [0.3, 0.4) is 0 Å². The molecule has 188 valence electrons. The number of rotatable bonds is 2. The van der Waals surface area contributed by atoms with Crippen LogP contribution in [0.5, 0.6) is 0 Å². The van der Waals surface area contributed by atoms with Gasteiger partial charge in [-0.25, -0.2) is 9.78 Å². The van der Waals surface area contributed by atoms with Gasteiger partial charge in [-0.2, -0.15) is 0 Å². The number of hydrogen-bond acceptors (Lipinski definition) is 7. The van der Waals surface area contributed by atoms with E-state index in [9.17, 15) is 14.7 Å². The van der Waals surface area contributed by atoms with Crippen LogP contribution in [-0.4, -0.2) is 25.6 Å². The molecular formula is C30H24N4O4. The molecule has 0 spiro atoms. The summed E-state index contributed by atoms with van der Waals surface area (Å²) in [5, 5.41) is 13.1. The van der Waals surface area contributed by atoms with E-state index in [1.54, 1.807) is 17.6 Å². The number of carbonyl (C=O) groups excluding carboxylic acids is 1. The molecule has 0 saturated heterocycles. The fraction of sp³-hybridized carbons (Fsp3) is 0.200. The molecule has 0 unspecified atom stereocenters. The Morgan fingerprint density at radius 2 is 1.82 bits per heavy atom. The predicted molar refractivity (Wildman–Crippen MR) is 144 cm³/mol. The van der Waals surface area contributed by atoms with Crippen LogP contribution < -0.4 is 11.3 Å². The summed E-state index contributed by atoms with van der Waals surface area (Å²) in [4.78, 5) is 35.7. The molecule has 5 heterocycles. The topological polar surface area (TPSA) is 120 Å². The maximum atomic E-state index is 13.5. The number of carbonyl (C=O) groups is 1. The molecule has 0 radical (unpaired) electrons. The average Bonchev–Trinajstić information content (AvgIpc) is 3.30. The van der Waals surface area contributed by atoms with Crippen LogP contribution in [0.2, 0.25) is 0 Å². The summed E-state index contributed by atoms with van der Waals surface area (Å²) in [7, 11) is 0. The van der Waals surface area contributed by atoms with Crippen molar-refractivity contribution in [3.05, 3.63) is 87.3 Å². The van der Waals surface area contributed by atoms with Crippen molar-refractivity contribution in [1.82, 2.24) is 14.5 Å². The first-order valence-electron chi connectivity index (χ1n) is 12.5. The number of pyridine rings is 3. The molecule has 8 nitrogen and oxygen atoms in total. The molecule has 0 bridgehead atoms. The van der Waals surface area contributed by atoms with E-state index in [-0.39, 0.29) is 18.6 Å². The van der Waals surface area contributed by atoms with Crippen molar-refractivity contribution in [3.8, 4) is 22.5 Å². The van der Waals surface area contributed by atoms with Gasteiger partial charge in [-0.3, -0.25) is 9.78 Å². The van der Waals surface area contributed by atoms with Gasteiger partial charge in [0.1, 0.15) is 6.61 Å². The minimum Gasteiger partial charge on any atom is -0.458 e. The molecule has 0 fully saturated rings. The lowest BCUT2D eigenvalue weighted by molar-refractivity contribution is -0.172. The van der Waals surface area contributed by atoms with Gasteiger partial charge < -0.3 is 20.1 Å². The Morgan fingerprint density at radius 1 is 1.05 bits per heavy atom. The van der Waals surface area contributed by atoms with E-state index in [1.807, 2.05) is 49.5 Å². The molecule has 0 aliphatic carbocycles. The second-order valence-electron chi connectivity index (χ2n) is 10.0. The van der Waals surface area contributed by atoms with Crippen LogP contribution in [0.4, 0.5) is 5.69 Å². The molecule has 0 saturated carbocycles. The number of nitrogens with zero attached hydrogens (tertiary/aromatic N) is 3. The fourth-order valence-electron chi connectivity index (χ4n) is 5.84. The second-order valence-corrected chi connectivity index (χ2v) is 10.0. The first-order chi connectivity index (χ1) is 18.3. The normalized spacial score (nSPS) is 17.8. The van der Waals surface area contributed by atoms with Gasteiger partial charge in [-0.05, 0) is 60.9 Å². The van der Waals surface area contributed by atoms with E-state index >= 15 is 0 Å². The van der Waals surface area contributed by atoms with E-state index in [0.717, 1.165) is 44.1 Å². The van der Waals surface area contributed by atoms with E-state index in [4.69, 9.17) is 20.4 Å². The number of aliphatic hydroxyl groups is 1. The predicted octanol–water partition coefficient (Wildman–Crippen LogP) is 4.19. The van der Waals surface area contributed by atoms with Crippen LogP contribution >= 0.6 is 0 Å². The van der Waals surface area contributed by atoms with Gasteiger partial charge in [0, 0.05) is 39.3 Å². The van der Waals surface area contributed by atoms with E-state index < -0.39 is 11.6 Å². The SMILES string of the molecule is CC[C@@]1(O)C(=O)OCc2c1cc1n(c2=O)Cc2c-1nc1ccc3ncc(-c4ccc(N)cc4)cc3c1c2C. The quantitative estimate of drug-likeness (QED) is 0.206. The number of fused-ring (bicyclic) bond motifs is 7. The van der Waals surface area contributed by atoms with Crippen molar-refractivity contribution in [2.75, 3.05) is 5.73 Å². The molecule has 2 aliphatic heterocycles. The molecule has 1 atom stereocenters. The van der Waals surface area contributed by atoms with Crippen LogP contribution in [0.1, 0.15) is 35.6 Å². The molecule has 8 heteroatoms. The lowest BCUT2D eigenvalue weighted by Gasteiger charge is -2.31. The van der Waals surface area contributed by atoms with Crippen LogP contribution in [-0.2, 0) is 28.3 Å². The zero-order chi connectivity index (χ0) is 26.3.